The van der Waals surface area contributed by atoms with E-state index in [1.54, 1.807) is 12.0 Å². The zero-order chi connectivity index (χ0) is 23.7. The Bertz CT molecular complexity index is 1110. The van der Waals surface area contributed by atoms with Crippen LogP contribution < -0.4 is 4.90 Å². The second-order valence-electron chi connectivity index (χ2n) is 9.10. The lowest BCUT2D eigenvalue weighted by atomic mass is 10.0. The number of hydrazone groups is 1. The fraction of sp³-hybridized carbons (Fsp3) is 0.423. The fourth-order valence-corrected chi connectivity index (χ4v) is 4.86. The molecular weight excluding hydrogens is 432 g/mol. The summed E-state index contributed by atoms with van der Waals surface area (Å²) in [4.78, 5) is 29.9. The number of ether oxygens (including phenoxy) is 2. The molecule has 0 spiro atoms. The number of likely N-dealkylation sites (tertiary alicyclic amines) is 1. The van der Waals surface area contributed by atoms with Gasteiger partial charge in [0.2, 0.25) is 11.8 Å². The van der Waals surface area contributed by atoms with Crippen LogP contribution in [0.5, 0.6) is 0 Å². The van der Waals surface area contributed by atoms with Crippen LogP contribution in [-0.4, -0.2) is 73.6 Å². The molecule has 1 saturated heterocycles. The van der Waals surface area contributed by atoms with E-state index in [-0.39, 0.29) is 25.0 Å². The third kappa shape index (κ3) is 4.56. The van der Waals surface area contributed by atoms with E-state index in [0.29, 0.717) is 18.5 Å². The van der Waals surface area contributed by atoms with Crippen molar-refractivity contribution in [2.24, 2.45) is 5.10 Å². The van der Waals surface area contributed by atoms with Crippen LogP contribution in [0.25, 0.3) is 0 Å². The fourth-order valence-electron chi connectivity index (χ4n) is 4.86. The molecule has 0 bridgehead atoms. The van der Waals surface area contributed by atoms with E-state index in [4.69, 9.17) is 9.47 Å². The highest BCUT2D eigenvalue weighted by Gasteiger charge is 2.31. The first-order chi connectivity index (χ1) is 16.5. The molecule has 2 aromatic rings. The van der Waals surface area contributed by atoms with E-state index in [1.807, 2.05) is 43.3 Å². The molecule has 0 aromatic heterocycles. The lowest BCUT2D eigenvalue weighted by molar-refractivity contribution is -0.139. The molecule has 0 N–H and O–H groups in total. The summed E-state index contributed by atoms with van der Waals surface area (Å²) in [6.07, 6.45) is 2.16. The first kappa shape index (κ1) is 22.6. The first-order valence-corrected chi connectivity index (χ1v) is 11.8. The molecule has 3 aliphatic heterocycles. The minimum absolute atomic E-state index is 0.108. The second-order valence-corrected chi connectivity index (χ2v) is 9.10. The van der Waals surface area contributed by atoms with Crippen molar-refractivity contribution in [2.75, 3.05) is 44.8 Å². The molecule has 178 valence electrons. The van der Waals surface area contributed by atoms with Crippen molar-refractivity contribution < 1.29 is 19.1 Å². The van der Waals surface area contributed by atoms with Crippen LogP contribution in [0.3, 0.4) is 0 Å². The van der Waals surface area contributed by atoms with Gasteiger partial charge in [0.1, 0.15) is 6.54 Å². The molecule has 2 amide bonds. The van der Waals surface area contributed by atoms with Crippen molar-refractivity contribution in [2.45, 2.75) is 32.4 Å². The average molecular weight is 463 g/mol. The van der Waals surface area contributed by atoms with Crippen LogP contribution in [-0.2, 0) is 32.0 Å². The van der Waals surface area contributed by atoms with E-state index in [1.165, 1.54) is 16.1 Å². The molecule has 34 heavy (non-hydrogen) atoms. The molecule has 0 aliphatic carbocycles. The third-order valence-corrected chi connectivity index (χ3v) is 6.80. The highest BCUT2D eigenvalue weighted by molar-refractivity contribution is 6.01. The molecular formula is C26H30N4O4. The van der Waals surface area contributed by atoms with Crippen LogP contribution >= 0.6 is 0 Å². The molecule has 8 heteroatoms. The van der Waals surface area contributed by atoms with Crippen LogP contribution in [0, 0.1) is 6.92 Å². The molecule has 2 aromatic carbocycles. The molecule has 0 saturated carbocycles. The maximum atomic E-state index is 13.2. The van der Waals surface area contributed by atoms with Crippen molar-refractivity contribution in [3.8, 4) is 0 Å². The van der Waals surface area contributed by atoms with E-state index in [2.05, 4.69) is 16.1 Å². The molecule has 1 atom stereocenters. The van der Waals surface area contributed by atoms with Gasteiger partial charge in [-0.25, -0.2) is 5.01 Å². The van der Waals surface area contributed by atoms with Gasteiger partial charge in [0.25, 0.3) is 5.91 Å². The number of aryl methyl sites for hydroxylation is 1. The Hall–Kier alpha value is -3.23. The number of rotatable bonds is 6. The van der Waals surface area contributed by atoms with Gasteiger partial charge in [-0.3, -0.25) is 14.5 Å². The summed E-state index contributed by atoms with van der Waals surface area (Å²) < 4.78 is 11.0. The number of hydrogen-bond donors (Lipinski definition) is 0. The van der Waals surface area contributed by atoms with Crippen LogP contribution in [0.15, 0.2) is 47.6 Å². The number of amides is 2. The maximum absolute atomic E-state index is 13.2. The number of nitrogens with zero attached hydrogens (tertiary/aromatic N) is 4. The normalized spacial score (nSPS) is 20.4. The Morgan fingerprint density at radius 3 is 2.76 bits per heavy atom. The molecule has 0 unspecified atom stereocenters. The number of carbonyl (C=O) groups is 2. The Kier molecular flexibility index (Phi) is 6.34. The smallest absolute Gasteiger partial charge is 0.281 e. The largest absolute Gasteiger partial charge is 0.466 e. The Morgan fingerprint density at radius 1 is 1.18 bits per heavy atom. The van der Waals surface area contributed by atoms with Crippen LogP contribution in [0.1, 0.15) is 28.7 Å². The van der Waals surface area contributed by atoms with Crippen LogP contribution in [0.4, 0.5) is 5.69 Å². The van der Waals surface area contributed by atoms with Crippen molar-refractivity contribution >= 4 is 23.4 Å². The minimum atomic E-state index is -0.320. The van der Waals surface area contributed by atoms with Gasteiger partial charge in [-0.15, -0.1) is 5.10 Å². The number of benzene rings is 2. The highest BCUT2D eigenvalue weighted by atomic mass is 16.5. The lowest BCUT2D eigenvalue weighted by Gasteiger charge is -2.26. The van der Waals surface area contributed by atoms with E-state index in [0.717, 1.165) is 49.3 Å². The third-order valence-electron chi connectivity index (χ3n) is 6.80. The van der Waals surface area contributed by atoms with Crippen LogP contribution in [0.2, 0.25) is 0 Å². The Labute approximate surface area is 199 Å². The molecule has 8 nitrogen and oxygen atoms in total. The molecule has 3 aliphatic rings. The standard InChI is InChI=1S/C26H30N4O4/c1-18-6-8-19(9-7-18)26-27-30(25(32)17-34-26)16-24(31)29-13-11-22-20(4-3-5-23(22)29)14-28-12-10-21(15-28)33-2/h3-9,21H,10-17H2,1-2H3/t21-/m0/s1. The first-order valence-electron chi connectivity index (χ1n) is 11.8. The molecule has 0 radical (unpaired) electrons. The van der Waals surface area contributed by atoms with Gasteiger partial charge in [-0.2, -0.15) is 0 Å². The molecule has 5 rings (SSSR count). The predicted molar refractivity (Wildman–Crippen MR) is 129 cm³/mol. The van der Waals surface area contributed by atoms with Gasteiger partial charge in [0, 0.05) is 44.5 Å². The summed E-state index contributed by atoms with van der Waals surface area (Å²) in [5.74, 6) is -0.102. The quantitative estimate of drug-likeness (QED) is 0.659. The van der Waals surface area contributed by atoms with Gasteiger partial charge in [0.15, 0.2) is 6.61 Å². The Balaban J connectivity index is 1.29. The maximum Gasteiger partial charge on any atom is 0.281 e. The highest BCUT2D eigenvalue weighted by Crippen LogP contribution is 2.32. The van der Waals surface area contributed by atoms with Crippen molar-refractivity contribution in [3.05, 3.63) is 64.7 Å². The monoisotopic (exact) mass is 462 g/mol. The van der Waals surface area contributed by atoms with Gasteiger partial charge >= 0.3 is 0 Å². The number of carbonyl (C=O) groups excluding carboxylic acids is 2. The summed E-state index contributed by atoms with van der Waals surface area (Å²) in [5, 5.41) is 5.58. The number of anilines is 1. The van der Waals surface area contributed by atoms with Crippen molar-refractivity contribution in [1.29, 1.82) is 0 Å². The number of hydrogen-bond acceptors (Lipinski definition) is 6. The van der Waals surface area contributed by atoms with E-state index in [9.17, 15) is 9.59 Å². The minimum Gasteiger partial charge on any atom is -0.466 e. The van der Waals surface area contributed by atoms with E-state index < -0.39 is 0 Å². The predicted octanol–water partition coefficient (Wildman–Crippen LogP) is 2.33. The van der Waals surface area contributed by atoms with Gasteiger partial charge in [0.05, 0.1) is 6.10 Å². The van der Waals surface area contributed by atoms with Gasteiger partial charge < -0.3 is 14.4 Å². The summed E-state index contributed by atoms with van der Waals surface area (Å²) in [5.41, 5.74) is 5.32. The summed E-state index contributed by atoms with van der Waals surface area (Å²) in [6.45, 7) is 5.19. The average Bonchev–Trinajstić information content (AvgIpc) is 3.48. The topological polar surface area (TPSA) is 74.7 Å². The van der Waals surface area contributed by atoms with E-state index >= 15 is 0 Å². The molecule has 3 heterocycles. The zero-order valence-electron chi connectivity index (χ0n) is 19.7. The molecule has 1 fully saturated rings. The zero-order valence-corrected chi connectivity index (χ0v) is 19.7. The number of methoxy groups -OCH3 is 1. The number of fused-ring (bicyclic) bond motifs is 1. The SMILES string of the molecule is CO[C@H]1CCN(Cc2cccc3c2CCN3C(=O)CN2N=C(c3ccc(C)cc3)OCC2=O)C1. The van der Waals surface area contributed by atoms with Gasteiger partial charge in [-0.1, -0.05) is 29.8 Å². The van der Waals surface area contributed by atoms with Gasteiger partial charge in [-0.05, 0) is 49.1 Å². The Morgan fingerprint density at radius 2 is 2.00 bits per heavy atom. The summed E-state index contributed by atoms with van der Waals surface area (Å²) in [7, 11) is 1.77. The second kappa shape index (κ2) is 9.56. The van der Waals surface area contributed by atoms with Crippen molar-refractivity contribution in [1.82, 2.24) is 9.91 Å². The van der Waals surface area contributed by atoms with Crippen molar-refractivity contribution in [3.63, 3.8) is 0 Å². The summed E-state index contributed by atoms with van der Waals surface area (Å²) >= 11 is 0. The lowest BCUT2D eigenvalue weighted by Crippen LogP contribution is -2.44. The summed E-state index contributed by atoms with van der Waals surface area (Å²) in [6, 6.07) is 13.9.